The lowest BCUT2D eigenvalue weighted by atomic mass is 10.1. The van der Waals surface area contributed by atoms with E-state index in [2.05, 4.69) is 4.98 Å². The second kappa shape index (κ2) is 8.56. The van der Waals surface area contributed by atoms with Crippen LogP contribution in [0.5, 0.6) is 5.75 Å². The fourth-order valence-electron chi connectivity index (χ4n) is 2.85. The van der Waals surface area contributed by atoms with Crippen molar-refractivity contribution in [2.24, 2.45) is 0 Å². The summed E-state index contributed by atoms with van der Waals surface area (Å²) in [6.07, 6.45) is 0.755. The SMILES string of the molecule is CC[C@H](C)n1c(SCC(=O)c2ccc(OC)c(F)c2)nc2ccccc2c1=O. The first-order chi connectivity index (χ1) is 13.5. The van der Waals surface area contributed by atoms with E-state index in [4.69, 9.17) is 4.74 Å². The van der Waals surface area contributed by atoms with Crippen molar-refractivity contribution in [3.8, 4) is 5.75 Å². The van der Waals surface area contributed by atoms with Gasteiger partial charge in [-0.15, -0.1) is 0 Å². The number of rotatable bonds is 7. The van der Waals surface area contributed by atoms with Gasteiger partial charge in [-0.3, -0.25) is 14.2 Å². The number of hydrogen-bond donors (Lipinski definition) is 0. The summed E-state index contributed by atoms with van der Waals surface area (Å²) in [4.78, 5) is 30.1. The fourth-order valence-corrected chi connectivity index (χ4v) is 3.84. The number of benzene rings is 2. The normalized spacial score (nSPS) is 12.1. The van der Waals surface area contributed by atoms with Crippen molar-refractivity contribution in [1.29, 1.82) is 0 Å². The number of hydrogen-bond acceptors (Lipinski definition) is 5. The van der Waals surface area contributed by atoms with Crippen molar-refractivity contribution in [2.45, 2.75) is 31.5 Å². The van der Waals surface area contributed by atoms with Crippen molar-refractivity contribution >= 4 is 28.4 Å². The first kappa shape index (κ1) is 20.1. The average molecular weight is 400 g/mol. The van der Waals surface area contributed by atoms with Gasteiger partial charge in [-0.25, -0.2) is 9.37 Å². The quantitative estimate of drug-likeness (QED) is 0.332. The number of para-hydroxylation sites is 1. The predicted octanol–water partition coefficient (Wildman–Crippen LogP) is 4.49. The molecule has 0 saturated heterocycles. The van der Waals surface area contributed by atoms with E-state index in [1.807, 2.05) is 19.9 Å². The van der Waals surface area contributed by atoms with Crippen molar-refractivity contribution < 1.29 is 13.9 Å². The lowest BCUT2D eigenvalue weighted by molar-refractivity contribution is 0.102. The predicted molar refractivity (Wildman–Crippen MR) is 109 cm³/mol. The monoisotopic (exact) mass is 400 g/mol. The lowest BCUT2D eigenvalue weighted by Gasteiger charge is -2.18. The second-order valence-electron chi connectivity index (χ2n) is 6.41. The molecule has 0 unspecified atom stereocenters. The van der Waals surface area contributed by atoms with Crippen LogP contribution in [-0.4, -0.2) is 28.2 Å². The number of ether oxygens (including phenoxy) is 1. The number of thioether (sulfide) groups is 1. The van der Waals surface area contributed by atoms with Crippen molar-refractivity contribution in [3.63, 3.8) is 0 Å². The molecule has 3 rings (SSSR count). The summed E-state index contributed by atoms with van der Waals surface area (Å²) in [6, 6.07) is 11.2. The summed E-state index contributed by atoms with van der Waals surface area (Å²) in [6.45, 7) is 3.94. The molecule has 28 heavy (non-hydrogen) atoms. The maximum Gasteiger partial charge on any atom is 0.262 e. The Morgan fingerprint density at radius 3 is 2.71 bits per heavy atom. The van der Waals surface area contributed by atoms with Crippen LogP contribution in [0, 0.1) is 5.82 Å². The molecular weight excluding hydrogens is 379 g/mol. The van der Waals surface area contributed by atoms with E-state index in [1.54, 1.807) is 22.8 Å². The third kappa shape index (κ3) is 3.94. The molecule has 0 N–H and O–H groups in total. The van der Waals surface area contributed by atoms with Gasteiger partial charge in [0.15, 0.2) is 22.5 Å². The van der Waals surface area contributed by atoms with Gasteiger partial charge in [0.1, 0.15) is 0 Å². The Labute approximate surface area is 166 Å². The number of methoxy groups -OCH3 is 1. The van der Waals surface area contributed by atoms with Gasteiger partial charge in [0, 0.05) is 11.6 Å². The van der Waals surface area contributed by atoms with Crippen LogP contribution in [0.2, 0.25) is 0 Å². The number of halogens is 1. The largest absolute Gasteiger partial charge is 0.494 e. The van der Waals surface area contributed by atoms with E-state index >= 15 is 0 Å². The molecule has 0 radical (unpaired) electrons. The number of Topliss-reactive ketones (excluding diaryl/α,β-unsaturated/α-hetero) is 1. The zero-order valence-electron chi connectivity index (χ0n) is 15.9. The molecule has 0 aliphatic rings. The Balaban J connectivity index is 1.92. The van der Waals surface area contributed by atoms with Crippen LogP contribution >= 0.6 is 11.8 Å². The number of aromatic nitrogens is 2. The molecule has 1 atom stereocenters. The Morgan fingerprint density at radius 1 is 1.29 bits per heavy atom. The van der Waals surface area contributed by atoms with Gasteiger partial charge in [0.25, 0.3) is 5.56 Å². The van der Waals surface area contributed by atoms with E-state index in [9.17, 15) is 14.0 Å². The number of nitrogens with zero attached hydrogens (tertiary/aromatic N) is 2. The molecule has 0 bridgehead atoms. The number of fused-ring (bicyclic) bond motifs is 1. The summed E-state index contributed by atoms with van der Waals surface area (Å²) < 4.78 is 20.4. The van der Waals surface area contributed by atoms with Gasteiger partial charge in [-0.2, -0.15) is 0 Å². The summed E-state index contributed by atoms with van der Waals surface area (Å²) in [5.74, 6) is -0.693. The molecule has 7 heteroatoms. The van der Waals surface area contributed by atoms with Crippen LogP contribution in [0.15, 0.2) is 52.4 Å². The maximum atomic E-state index is 13.9. The number of ketones is 1. The molecule has 3 aromatic rings. The highest BCUT2D eigenvalue weighted by Crippen LogP contribution is 2.24. The minimum absolute atomic E-state index is 0.0486. The first-order valence-electron chi connectivity index (χ1n) is 8.97. The Morgan fingerprint density at radius 2 is 2.04 bits per heavy atom. The zero-order chi connectivity index (χ0) is 20.3. The molecule has 0 spiro atoms. The van der Waals surface area contributed by atoms with Gasteiger partial charge in [-0.05, 0) is 43.7 Å². The summed E-state index contributed by atoms with van der Waals surface area (Å²) in [5, 5.41) is 1.04. The molecule has 1 aromatic heterocycles. The van der Waals surface area contributed by atoms with E-state index in [0.29, 0.717) is 16.1 Å². The highest BCUT2D eigenvalue weighted by Gasteiger charge is 2.17. The van der Waals surface area contributed by atoms with Crippen LogP contribution in [0.3, 0.4) is 0 Å². The summed E-state index contributed by atoms with van der Waals surface area (Å²) in [5.41, 5.74) is 0.729. The topological polar surface area (TPSA) is 61.2 Å². The number of carbonyl (C=O) groups is 1. The van der Waals surface area contributed by atoms with E-state index in [-0.39, 0.29) is 34.5 Å². The minimum Gasteiger partial charge on any atom is -0.494 e. The van der Waals surface area contributed by atoms with Gasteiger partial charge >= 0.3 is 0 Å². The van der Waals surface area contributed by atoms with Crippen molar-refractivity contribution in [1.82, 2.24) is 9.55 Å². The number of carbonyl (C=O) groups excluding carboxylic acids is 1. The van der Waals surface area contributed by atoms with Gasteiger partial charge in [0.2, 0.25) is 0 Å². The second-order valence-corrected chi connectivity index (χ2v) is 7.35. The third-order valence-electron chi connectivity index (χ3n) is 4.61. The molecule has 0 saturated carbocycles. The summed E-state index contributed by atoms with van der Waals surface area (Å²) >= 11 is 1.19. The van der Waals surface area contributed by atoms with Crippen molar-refractivity contribution in [3.05, 3.63) is 64.2 Å². The van der Waals surface area contributed by atoms with E-state index < -0.39 is 5.82 Å². The molecule has 0 amide bonds. The molecule has 146 valence electrons. The molecule has 5 nitrogen and oxygen atoms in total. The zero-order valence-corrected chi connectivity index (χ0v) is 16.8. The standard InChI is InChI=1S/C21H21FN2O3S/c1-4-13(2)24-20(26)15-7-5-6-8-17(15)23-21(24)28-12-18(25)14-9-10-19(27-3)16(22)11-14/h5-11,13H,4,12H2,1-3H3/t13-/m0/s1. The molecule has 2 aromatic carbocycles. The molecular formula is C21H21FN2O3S. The summed E-state index contributed by atoms with van der Waals surface area (Å²) in [7, 11) is 1.37. The Bertz CT molecular complexity index is 1080. The average Bonchev–Trinajstić information content (AvgIpc) is 2.71. The van der Waals surface area contributed by atoms with Crippen molar-refractivity contribution in [2.75, 3.05) is 12.9 Å². The highest BCUT2D eigenvalue weighted by molar-refractivity contribution is 7.99. The Hall–Kier alpha value is -2.67. The minimum atomic E-state index is -0.585. The smallest absolute Gasteiger partial charge is 0.262 e. The third-order valence-corrected chi connectivity index (χ3v) is 5.57. The molecule has 1 heterocycles. The van der Waals surface area contributed by atoms with Gasteiger partial charge in [-0.1, -0.05) is 30.8 Å². The molecule has 0 fully saturated rings. The van der Waals surface area contributed by atoms with E-state index in [1.165, 1.54) is 31.0 Å². The van der Waals surface area contributed by atoms with Crippen LogP contribution in [0.1, 0.15) is 36.7 Å². The molecule has 0 aliphatic carbocycles. The van der Waals surface area contributed by atoms with Crippen LogP contribution in [0.25, 0.3) is 10.9 Å². The highest BCUT2D eigenvalue weighted by atomic mass is 32.2. The van der Waals surface area contributed by atoms with Gasteiger partial charge < -0.3 is 4.74 Å². The van der Waals surface area contributed by atoms with Crippen LogP contribution < -0.4 is 10.3 Å². The Kier molecular flexibility index (Phi) is 6.14. The van der Waals surface area contributed by atoms with E-state index in [0.717, 1.165) is 12.5 Å². The van der Waals surface area contributed by atoms with Gasteiger partial charge in [0.05, 0.1) is 23.8 Å². The first-order valence-corrected chi connectivity index (χ1v) is 9.95. The fraction of sp³-hybridized carbons (Fsp3) is 0.286. The maximum absolute atomic E-state index is 13.9. The molecule has 0 aliphatic heterocycles. The lowest BCUT2D eigenvalue weighted by Crippen LogP contribution is -2.26. The van der Waals surface area contributed by atoms with Crippen LogP contribution in [-0.2, 0) is 0 Å². The van der Waals surface area contributed by atoms with Crippen LogP contribution in [0.4, 0.5) is 4.39 Å².